The van der Waals surface area contributed by atoms with E-state index in [1.54, 1.807) is 30.3 Å². The van der Waals surface area contributed by atoms with Gasteiger partial charge in [0.05, 0.1) is 9.92 Å². The zero-order valence-electron chi connectivity index (χ0n) is 11.5. The first kappa shape index (κ1) is 15.6. The summed E-state index contributed by atoms with van der Waals surface area (Å²) in [6.45, 7) is 2.91. The predicted octanol–water partition coefficient (Wildman–Crippen LogP) is 3.36. The van der Waals surface area contributed by atoms with Crippen LogP contribution in [0.5, 0.6) is 0 Å². The van der Waals surface area contributed by atoms with Gasteiger partial charge in [0.25, 0.3) is 10.0 Å². The summed E-state index contributed by atoms with van der Waals surface area (Å²) in [6, 6.07) is 9.66. The molecule has 0 aliphatic rings. The Morgan fingerprint density at radius 3 is 2.43 bits per heavy atom. The van der Waals surface area contributed by atoms with Gasteiger partial charge in [-0.2, -0.15) is 0 Å². The number of sulfonamides is 1. The Hall–Kier alpha value is -1.79. The molecule has 7 heteroatoms. The van der Waals surface area contributed by atoms with Crippen molar-refractivity contribution in [2.75, 3.05) is 16.6 Å². The van der Waals surface area contributed by atoms with Gasteiger partial charge in [0.15, 0.2) is 0 Å². The molecule has 2 N–H and O–H groups in total. The van der Waals surface area contributed by atoms with Crippen molar-refractivity contribution in [1.82, 2.24) is 4.98 Å². The number of hydrogen-bond acceptors (Lipinski definition) is 4. The fraction of sp³-hybridized carbons (Fsp3) is 0.214. The number of pyridine rings is 1. The Balaban J connectivity index is 2.13. The summed E-state index contributed by atoms with van der Waals surface area (Å²) in [5.41, 5.74) is 0.889. The largest absolute Gasteiger partial charge is 0.385 e. The van der Waals surface area contributed by atoms with Crippen molar-refractivity contribution < 1.29 is 8.42 Å². The van der Waals surface area contributed by atoms with Gasteiger partial charge in [-0.1, -0.05) is 18.5 Å². The highest BCUT2D eigenvalue weighted by Crippen LogP contribution is 2.18. The summed E-state index contributed by atoms with van der Waals surface area (Å²) >= 11 is 5.71. The van der Waals surface area contributed by atoms with E-state index in [9.17, 15) is 8.42 Å². The van der Waals surface area contributed by atoms with Gasteiger partial charge in [0.1, 0.15) is 5.82 Å². The number of aromatic nitrogens is 1. The van der Waals surface area contributed by atoms with Gasteiger partial charge < -0.3 is 5.32 Å². The molecular formula is C14H16ClN3O2S. The second kappa shape index (κ2) is 6.78. The van der Waals surface area contributed by atoms with Crippen LogP contribution in [0.1, 0.15) is 13.3 Å². The van der Waals surface area contributed by atoms with Gasteiger partial charge >= 0.3 is 0 Å². The van der Waals surface area contributed by atoms with Crippen molar-refractivity contribution in [3.63, 3.8) is 0 Å². The molecule has 0 aliphatic heterocycles. The maximum absolute atomic E-state index is 12.2. The number of hydrogen-bond donors (Lipinski definition) is 2. The third-order valence-corrected chi connectivity index (χ3v) is 4.30. The average molecular weight is 326 g/mol. The third-order valence-electron chi connectivity index (χ3n) is 2.71. The number of benzene rings is 1. The number of rotatable bonds is 6. The minimum atomic E-state index is -3.65. The normalized spacial score (nSPS) is 11.1. The van der Waals surface area contributed by atoms with Gasteiger partial charge in [0, 0.05) is 18.4 Å². The van der Waals surface area contributed by atoms with Crippen LogP contribution in [-0.4, -0.2) is 19.9 Å². The van der Waals surface area contributed by atoms with Crippen molar-refractivity contribution in [1.29, 1.82) is 0 Å². The molecule has 1 heterocycles. The van der Waals surface area contributed by atoms with Crippen LogP contribution in [0.3, 0.4) is 0 Å². The van der Waals surface area contributed by atoms with E-state index in [0.29, 0.717) is 5.02 Å². The second-order valence-electron chi connectivity index (χ2n) is 4.42. The minimum Gasteiger partial charge on any atom is -0.385 e. The molecule has 0 radical (unpaired) electrons. The van der Waals surface area contributed by atoms with Crippen molar-refractivity contribution in [2.45, 2.75) is 18.2 Å². The Morgan fingerprint density at radius 1 is 1.14 bits per heavy atom. The second-order valence-corrected chi connectivity index (χ2v) is 6.54. The summed E-state index contributed by atoms with van der Waals surface area (Å²) in [7, 11) is -3.65. The highest BCUT2D eigenvalue weighted by atomic mass is 35.5. The third kappa shape index (κ3) is 4.34. The van der Waals surface area contributed by atoms with E-state index < -0.39 is 10.0 Å². The van der Waals surface area contributed by atoms with Crippen molar-refractivity contribution >= 4 is 33.1 Å². The van der Waals surface area contributed by atoms with E-state index in [-0.39, 0.29) is 10.7 Å². The molecule has 0 saturated carbocycles. The summed E-state index contributed by atoms with van der Waals surface area (Å²) in [5.74, 6) is 0.229. The van der Waals surface area contributed by atoms with E-state index in [1.807, 2.05) is 0 Å². The molecule has 1 aromatic heterocycles. The Morgan fingerprint density at radius 2 is 1.86 bits per heavy atom. The molecule has 2 rings (SSSR count). The first-order valence-electron chi connectivity index (χ1n) is 6.49. The quantitative estimate of drug-likeness (QED) is 0.854. The van der Waals surface area contributed by atoms with Crippen LogP contribution >= 0.6 is 11.6 Å². The lowest BCUT2D eigenvalue weighted by atomic mass is 10.3. The van der Waals surface area contributed by atoms with Gasteiger partial charge in [0.2, 0.25) is 0 Å². The molecule has 0 fully saturated rings. The molecule has 2 aromatic rings. The Labute approximate surface area is 129 Å². The van der Waals surface area contributed by atoms with Crippen molar-refractivity contribution in [3.05, 3.63) is 47.6 Å². The Kier molecular flexibility index (Phi) is 5.03. The molecule has 5 nitrogen and oxygen atoms in total. The molecule has 0 unspecified atom stereocenters. The van der Waals surface area contributed by atoms with E-state index in [2.05, 4.69) is 21.9 Å². The maximum Gasteiger partial charge on any atom is 0.263 e. The topological polar surface area (TPSA) is 71.1 Å². The number of nitrogens with one attached hydrogen (secondary N) is 2. The average Bonchev–Trinajstić information content (AvgIpc) is 2.48. The fourth-order valence-corrected chi connectivity index (χ4v) is 2.77. The highest BCUT2D eigenvalue weighted by molar-refractivity contribution is 7.92. The van der Waals surface area contributed by atoms with Gasteiger partial charge in [-0.05, 0) is 42.8 Å². The van der Waals surface area contributed by atoms with Crippen LogP contribution in [0.2, 0.25) is 5.02 Å². The van der Waals surface area contributed by atoms with E-state index in [0.717, 1.165) is 18.7 Å². The van der Waals surface area contributed by atoms with Gasteiger partial charge in [-0.15, -0.1) is 0 Å². The maximum atomic E-state index is 12.2. The predicted molar refractivity (Wildman–Crippen MR) is 85.3 cm³/mol. The molecule has 0 saturated heterocycles. The van der Waals surface area contributed by atoms with Gasteiger partial charge in [-0.3, -0.25) is 4.72 Å². The molecule has 0 atom stereocenters. The lowest BCUT2D eigenvalue weighted by Crippen LogP contribution is -2.13. The summed E-state index contributed by atoms with van der Waals surface area (Å²) in [5, 5.41) is 3.64. The van der Waals surface area contributed by atoms with Crippen molar-refractivity contribution in [2.24, 2.45) is 0 Å². The summed E-state index contributed by atoms with van der Waals surface area (Å²) < 4.78 is 26.8. The summed E-state index contributed by atoms with van der Waals surface area (Å²) in [6.07, 6.45) is 2.39. The van der Waals surface area contributed by atoms with Crippen molar-refractivity contribution in [3.8, 4) is 0 Å². The van der Waals surface area contributed by atoms with Crippen LogP contribution in [0, 0.1) is 0 Å². The minimum absolute atomic E-state index is 0.182. The van der Waals surface area contributed by atoms with E-state index in [4.69, 9.17) is 11.6 Å². The standard InChI is InChI=1S/C14H16ClN3O2S/c1-2-9-16-12-4-6-13(7-5-12)21(19,20)18-14-8-3-11(15)10-17-14/h3-8,10,16H,2,9H2,1H3,(H,17,18). The van der Waals surface area contributed by atoms with Crippen LogP contribution in [0.25, 0.3) is 0 Å². The summed E-state index contributed by atoms with van der Waals surface area (Å²) in [4.78, 5) is 4.09. The SMILES string of the molecule is CCCNc1ccc(S(=O)(=O)Nc2ccc(Cl)cn2)cc1. The van der Waals surface area contributed by atoms with E-state index in [1.165, 1.54) is 12.3 Å². The number of halogens is 1. The zero-order valence-corrected chi connectivity index (χ0v) is 13.1. The smallest absolute Gasteiger partial charge is 0.263 e. The monoisotopic (exact) mass is 325 g/mol. The Bertz CT molecular complexity index is 685. The van der Waals surface area contributed by atoms with Crippen LogP contribution in [-0.2, 0) is 10.0 Å². The molecular weight excluding hydrogens is 310 g/mol. The van der Waals surface area contributed by atoms with Crippen LogP contribution < -0.4 is 10.0 Å². The molecule has 0 aliphatic carbocycles. The van der Waals surface area contributed by atoms with E-state index >= 15 is 0 Å². The first-order valence-corrected chi connectivity index (χ1v) is 8.35. The lowest BCUT2D eigenvalue weighted by Gasteiger charge is -2.09. The lowest BCUT2D eigenvalue weighted by molar-refractivity contribution is 0.601. The molecule has 112 valence electrons. The molecule has 1 aromatic carbocycles. The fourth-order valence-electron chi connectivity index (χ4n) is 1.65. The first-order chi connectivity index (χ1) is 10.0. The number of nitrogens with zero attached hydrogens (tertiary/aromatic N) is 1. The molecule has 21 heavy (non-hydrogen) atoms. The van der Waals surface area contributed by atoms with Crippen LogP contribution in [0.15, 0.2) is 47.5 Å². The molecule has 0 spiro atoms. The van der Waals surface area contributed by atoms with Crippen LogP contribution in [0.4, 0.5) is 11.5 Å². The number of anilines is 2. The van der Waals surface area contributed by atoms with Gasteiger partial charge in [-0.25, -0.2) is 13.4 Å². The molecule has 0 bridgehead atoms. The highest BCUT2D eigenvalue weighted by Gasteiger charge is 2.14. The zero-order chi connectivity index (χ0) is 15.3. The molecule has 0 amide bonds.